The van der Waals surface area contributed by atoms with Crippen LogP contribution < -0.4 is 18.9 Å². The van der Waals surface area contributed by atoms with Gasteiger partial charge in [-0.05, 0) is 18.2 Å². The summed E-state index contributed by atoms with van der Waals surface area (Å²) in [6.45, 7) is 1.16. The van der Waals surface area contributed by atoms with Gasteiger partial charge in [-0.15, -0.1) is 5.10 Å². The van der Waals surface area contributed by atoms with Gasteiger partial charge >= 0.3 is 0 Å². The second-order valence-corrected chi connectivity index (χ2v) is 7.26. The number of amides is 1. The maximum absolute atomic E-state index is 13.1. The third kappa shape index (κ3) is 4.19. The van der Waals surface area contributed by atoms with Crippen molar-refractivity contribution in [1.82, 2.24) is 15.1 Å². The summed E-state index contributed by atoms with van der Waals surface area (Å²) < 4.78 is 22.2. The van der Waals surface area contributed by atoms with Crippen LogP contribution in [-0.2, 0) is 0 Å². The molecule has 0 radical (unpaired) electrons. The molecule has 0 unspecified atom stereocenters. The molecule has 0 bridgehead atoms. The number of fused-ring (bicyclic) bond motifs is 1. The molecule has 0 aliphatic carbocycles. The van der Waals surface area contributed by atoms with Crippen molar-refractivity contribution in [3.05, 3.63) is 48.2 Å². The minimum absolute atomic E-state index is 0.0240. The van der Waals surface area contributed by atoms with Gasteiger partial charge in [-0.2, -0.15) is 5.10 Å². The van der Waals surface area contributed by atoms with Crippen molar-refractivity contribution in [3.8, 4) is 23.1 Å². The number of carbonyl (C=O) groups excluding carboxylic acids is 1. The van der Waals surface area contributed by atoms with Crippen molar-refractivity contribution >= 4 is 16.7 Å². The molecule has 1 fully saturated rings. The van der Waals surface area contributed by atoms with E-state index in [1.54, 1.807) is 18.3 Å². The van der Waals surface area contributed by atoms with Crippen LogP contribution in [0, 0.1) is 0 Å². The Morgan fingerprint density at radius 1 is 1.00 bits per heavy atom. The summed E-state index contributed by atoms with van der Waals surface area (Å²) in [4.78, 5) is 14.9. The van der Waals surface area contributed by atoms with E-state index in [1.807, 2.05) is 29.2 Å². The number of likely N-dealkylation sites (tertiary alicyclic amines) is 1. The molecular weight excluding hydrogens is 398 g/mol. The second kappa shape index (κ2) is 9.07. The van der Waals surface area contributed by atoms with E-state index in [0.29, 0.717) is 54.6 Å². The number of aromatic nitrogens is 2. The SMILES string of the molecule is COc1cc(C(=O)N2CCC(Oc3nncc4ccccc34)CC2)cc(OC)c1OC. The van der Waals surface area contributed by atoms with Crippen LogP contribution in [0.3, 0.4) is 0 Å². The van der Waals surface area contributed by atoms with Crippen molar-refractivity contribution < 1.29 is 23.7 Å². The highest BCUT2D eigenvalue weighted by Gasteiger charge is 2.27. The van der Waals surface area contributed by atoms with E-state index in [-0.39, 0.29) is 12.0 Å². The average Bonchev–Trinajstić information content (AvgIpc) is 2.83. The summed E-state index contributed by atoms with van der Waals surface area (Å²) in [7, 11) is 4.60. The first-order valence-corrected chi connectivity index (χ1v) is 10.1. The van der Waals surface area contributed by atoms with Crippen molar-refractivity contribution in [1.29, 1.82) is 0 Å². The first kappa shape index (κ1) is 20.7. The van der Waals surface area contributed by atoms with Crippen LogP contribution in [0.4, 0.5) is 0 Å². The molecular formula is C23H25N3O5. The van der Waals surface area contributed by atoms with E-state index in [0.717, 1.165) is 10.8 Å². The lowest BCUT2D eigenvalue weighted by Gasteiger charge is -2.32. The first-order chi connectivity index (χ1) is 15.1. The third-order valence-corrected chi connectivity index (χ3v) is 5.46. The molecule has 0 atom stereocenters. The predicted molar refractivity (Wildman–Crippen MR) is 115 cm³/mol. The molecule has 2 heterocycles. The zero-order valence-electron chi connectivity index (χ0n) is 17.8. The quantitative estimate of drug-likeness (QED) is 0.601. The lowest BCUT2D eigenvalue weighted by atomic mass is 10.1. The summed E-state index contributed by atoms with van der Waals surface area (Å²) in [6.07, 6.45) is 3.12. The molecule has 0 N–H and O–H groups in total. The Hall–Kier alpha value is -3.55. The summed E-state index contributed by atoms with van der Waals surface area (Å²) in [5, 5.41) is 10.1. The summed E-state index contributed by atoms with van der Waals surface area (Å²) in [6, 6.07) is 11.2. The van der Waals surface area contributed by atoms with Gasteiger partial charge in [-0.3, -0.25) is 4.79 Å². The molecule has 1 amide bonds. The van der Waals surface area contributed by atoms with Gasteiger partial charge in [-0.25, -0.2) is 0 Å². The van der Waals surface area contributed by atoms with Gasteiger partial charge in [-0.1, -0.05) is 18.2 Å². The molecule has 1 saturated heterocycles. The van der Waals surface area contributed by atoms with E-state index >= 15 is 0 Å². The van der Waals surface area contributed by atoms with Crippen molar-refractivity contribution in [3.63, 3.8) is 0 Å². The number of hydrogen-bond donors (Lipinski definition) is 0. The van der Waals surface area contributed by atoms with Gasteiger partial charge in [0.2, 0.25) is 11.6 Å². The molecule has 31 heavy (non-hydrogen) atoms. The smallest absolute Gasteiger partial charge is 0.254 e. The number of piperidine rings is 1. The second-order valence-electron chi connectivity index (χ2n) is 7.26. The molecule has 1 aliphatic rings. The lowest BCUT2D eigenvalue weighted by molar-refractivity contribution is 0.0588. The fraction of sp³-hybridized carbons (Fsp3) is 0.348. The molecule has 1 aromatic heterocycles. The first-order valence-electron chi connectivity index (χ1n) is 10.1. The van der Waals surface area contributed by atoms with Gasteiger partial charge in [0.05, 0.1) is 27.5 Å². The number of hydrogen-bond acceptors (Lipinski definition) is 7. The largest absolute Gasteiger partial charge is 0.493 e. The number of methoxy groups -OCH3 is 3. The zero-order valence-corrected chi connectivity index (χ0v) is 17.8. The molecule has 0 saturated carbocycles. The van der Waals surface area contributed by atoms with E-state index in [2.05, 4.69) is 10.2 Å². The van der Waals surface area contributed by atoms with Crippen LogP contribution in [0.5, 0.6) is 23.1 Å². The number of rotatable bonds is 6. The van der Waals surface area contributed by atoms with Gasteiger partial charge in [0.25, 0.3) is 5.91 Å². The molecule has 4 rings (SSSR count). The summed E-state index contributed by atoms with van der Waals surface area (Å²) >= 11 is 0. The molecule has 8 heteroatoms. The van der Waals surface area contributed by atoms with E-state index < -0.39 is 0 Å². The van der Waals surface area contributed by atoms with Crippen molar-refractivity contribution in [2.75, 3.05) is 34.4 Å². The maximum Gasteiger partial charge on any atom is 0.254 e. The minimum Gasteiger partial charge on any atom is -0.493 e. The molecule has 1 aliphatic heterocycles. The number of carbonyl (C=O) groups is 1. The van der Waals surface area contributed by atoms with Crippen LogP contribution in [0.25, 0.3) is 10.8 Å². The van der Waals surface area contributed by atoms with E-state index in [1.165, 1.54) is 21.3 Å². The fourth-order valence-corrected chi connectivity index (χ4v) is 3.81. The highest BCUT2D eigenvalue weighted by Crippen LogP contribution is 2.38. The molecule has 2 aromatic carbocycles. The average molecular weight is 423 g/mol. The summed E-state index contributed by atoms with van der Waals surface area (Å²) in [5.41, 5.74) is 0.494. The van der Waals surface area contributed by atoms with Crippen LogP contribution in [-0.4, -0.2) is 61.5 Å². The van der Waals surface area contributed by atoms with Gasteiger partial charge in [0, 0.05) is 42.3 Å². The zero-order chi connectivity index (χ0) is 21.8. The lowest BCUT2D eigenvalue weighted by Crippen LogP contribution is -2.41. The standard InChI is InChI=1S/C23H25N3O5/c1-28-19-12-16(13-20(29-2)21(19)30-3)23(27)26-10-8-17(9-11-26)31-22-18-7-5-4-6-15(18)14-24-25-22/h4-7,12-14,17H,8-11H2,1-3H3. The minimum atomic E-state index is -0.0809. The summed E-state index contributed by atoms with van der Waals surface area (Å²) in [5.74, 6) is 1.83. The highest BCUT2D eigenvalue weighted by molar-refractivity contribution is 5.95. The van der Waals surface area contributed by atoms with E-state index in [9.17, 15) is 4.79 Å². The number of benzene rings is 2. The van der Waals surface area contributed by atoms with Crippen LogP contribution >= 0.6 is 0 Å². The van der Waals surface area contributed by atoms with Gasteiger partial charge < -0.3 is 23.8 Å². The Labute approximate surface area is 180 Å². The molecule has 3 aromatic rings. The molecule has 8 nitrogen and oxygen atoms in total. The van der Waals surface area contributed by atoms with Gasteiger partial charge in [0.15, 0.2) is 11.5 Å². The third-order valence-electron chi connectivity index (χ3n) is 5.46. The Bertz CT molecular complexity index is 1050. The van der Waals surface area contributed by atoms with Crippen molar-refractivity contribution in [2.45, 2.75) is 18.9 Å². The van der Waals surface area contributed by atoms with Gasteiger partial charge in [0.1, 0.15) is 6.10 Å². The normalized spacial score (nSPS) is 14.4. The van der Waals surface area contributed by atoms with Crippen LogP contribution in [0.2, 0.25) is 0 Å². The topological polar surface area (TPSA) is 83.0 Å². The predicted octanol–water partition coefficient (Wildman–Crippen LogP) is 3.34. The van der Waals surface area contributed by atoms with Crippen LogP contribution in [0.1, 0.15) is 23.2 Å². The highest BCUT2D eigenvalue weighted by atomic mass is 16.5. The maximum atomic E-state index is 13.1. The Balaban J connectivity index is 1.44. The Morgan fingerprint density at radius 3 is 2.32 bits per heavy atom. The van der Waals surface area contributed by atoms with Crippen LogP contribution in [0.15, 0.2) is 42.6 Å². The van der Waals surface area contributed by atoms with E-state index in [4.69, 9.17) is 18.9 Å². The number of ether oxygens (including phenoxy) is 4. The Kier molecular flexibility index (Phi) is 6.06. The Morgan fingerprint density at radius 2 is 1.68 bits per heavy atom. The fourth-order valence-electron chi connectivity index (χ4n) is 3.81. The molecule has 0 spiro atoms. The van der Waals surface area contributed by atoms with Crippen molar-refractivity contribution in [2.24, 2.45) is 0 Å². The molecule has 162 valence electrons. The number of nitrogens with zero attached hydrogens (tertiary/aromatic N) is 3. The monoisotopic (exact) mass is 423 g/mol.